The van der Waals surface area contributed by atoms with Gasteiger partial charge < -0.3 is 15.7 Å². The second-order valence-electron chi connectivity index (χ2n) is 8.18. The van der Waals surface area contributed by atoms with Gasteiger partial charge in [0.2, 0.25) is 0 Å². The van der Waals surface area contributed by atoms with Crippen LogP contribution in [0.3, 0.4) is 0 Å². The minimum Gasteiger partial charge on any atom is -0.396 e. The third kappa shape index (κ3) is 9.45. The topological polar surface area (TPSA) is 59.9 Å². The molecule has 0 aromatic heterocycles. The normalized spacial score (nSPS) is 19.9. The zero-order valence-corrected chi connectivity index (χ0v) is 17.2. The van der Waals surface area contributed by atoms with E-state index in [0.29, 0.717) is 17.9 Å². The SMILES string of the molecule is CCNC(=NCC(CCO)CC(C)C)NCC(C)N1CCC(C)CC1. The number of aliphatic hydroxyl groups excluding tert-OH is 1. The van der Waals surface area contributed by atoms with Crippen molar-refractivity contribution in [1.82, 2.24) is 15.5 Å². The summed E-state index contributed by atoms with van der Waals surface area (Å²) in [7, 11) is 0. The Morgan fingerprint density at radius 3 is 2.44 bits per heavy atom. The first kappa shape index (κ1) is 22.2. The standard InChI is InChI=1S/C20H42N4O/c1-6-21-20(23-15-19(9-12-25)13-16(2)3)22-14-18(5)24-10-7-17(4)8-11-24/h16-19,25H,6-15H2,1-5H3,(H2,21,22,23). The number of aliphatic imine (C=N–C) groups is 1. The molecule has 148 valence electrons. The highest BCUT2D eigenvalue weighted by molar-refractivity contribution is 5.79. The van der Waals surface area contributed by atoms with Crippen molar-refractivity contribution in [3.05, 3.63) is 0 Å². The predicted molar refractivity (Wildman–Crippen MR) is 108 cm³/mol. The van der Waals surface area contributed by atoms with E-state index in [4.69, 9.17) is 4.99 Å². The molecule has 3 N–H and O–H groups in total. The Kier molecular flexibility index (Phi) is 11.1. The van der Waals surface area contributed by atoms with Gasteiger partial charge in [0, 0.05) is 32.3 Å². The van der Waals surface area contributed by atoms with Crippen LogP contribution in [-0.4, -0.2) is 61.3 Å². The average Bonchev–Trinajstić information content (AvgIpc) is 2.57. The summed E-state index contributed by atoms with van der Waals surface area (Å²) in [6.07, 6.45) is 4.59. The molecule has 5 heteroatoms. The largest absolute Gasteiger partial charge is 0.396 e. The van der Waals surface area contributed by atoms with E-state index in [-0.39, 0.29) is 6.61 Å². The number of hydrogen-bond donors (Lipinski definition) is 3. The molecule has 0 amide bonds. The van der Waals surface area contributed by atoms with Gasteiger partial charge in [0.05, 0.1) is 0 Å². The van der Waals surface area contributed by atoms with Crippen molar-refractivity contribution in [2.75, 3.05) is 39.3 Å². The number of nitrogens with zero attached hydrogens (tertiary/aromatic N) is 2. The molecule has 1 fully saturated rings. The van der Waals surface area contributed by atoms with Gasteiger partial charge in [-0.2, -0.15) is 0 Å². The Labute approximate surface area is 155 Å². The number of likely N-dealkylation sites (tertiary alicyclic amines) is 1. The van der Waals surface area contributed by atoms with Crippen molar-refractivity contribution in [2.45, 2.75) is 66.3 Å². The van der Waals surface area contributed by atoms with Crippen molar-refractivity contribution in [1.29, 1.82) is 0 Å². The third-order valence-electron chi connectivity index (χ3n) is 5.20. The zero-order valence-electron chi connectivity index (χ0n) is 17.2. The molecule has 0 saturated carbocycles. The van der Waals surface area contributed by atoms with Crippen LogP contribution in [0.5, 0.6) is 0 Å². The summed E-state index contributed by atoms with van der Waals surface area (Å²) in [4.78, 5) is 7.37. The highest BCUT2D eigenvalue weighted by Crippen LogP contribution is 2.18. The average molecular weight is 355 g/mol. The molecule has 0 aromatic carbocycles. The van der Waals surface area contributed by atoms with Crippen LogP contribution in [0.15, 0.2) is 4.99 Å². The molecule has 0 aromatic rings. The molecule has 1 aliphatic heterocycles. The van der Waals surface area contributed by atoms with Crippen molar-refractivity contribution in [2.24, 2.45) is 22.7 Å². The molecule has 0 spiro atoms. The van der Waals surface area contributed by atoms with Crippen LogP contribution in [0.2, 0.25) is 0 Å². The van der Waals surface area contributed by atoms with Gasteiger partial charge >= 0.3 is 0 Å². The molecule has 5 nitrogen and oxygen atoms in total. The van der Waals surface area contributed by atoms with E-state index in [1.54, 1.807) is 0 Å². The van der Waals surface area contributed by atoms with Gasteiger partial charge in [-0.05, 0) is 70.4 Å². The first-order chi connectivity index (χ1) is 12.0. The molecule has 1 aliphatic rings. The van der Waals surface area contributed by atoms with Gasteiger partial charge in [0.15, 0.2) is 5.96 Å². The fraction of sp³-hybridized carbons (Fsp3) is 0.950. The van der Waals surface area contributed by atoms with Crippen LogP contribution in [0.1, 0.15) is 60.3 Å². The molecular weight excluding hydrogens is 312 g/mol. The van der Waals surface area contributed by atoms with Crippen LogP contribution in [0, 0.1) is 17.8 Å². The van der Waals surface area contributed by atoms with Gasteiger partial charge in [-0.15, -0.1) is 0 Å². The van der Waals surface area contributed by atoms with Gasteiger partial charge in [-0.1, -0.05) is 20.8 Å². The lowest BCUT2D eigenvalue weighted by molar-refractivity contribution is 0.147. The molecule has 1 rings (SSSR count). The molecule has 1 heterocycles. The van der Waals surface area contributed by atoms with Crippen molar-refractivity contribution >= 4 is 5.96 Å². The highest BCUT2D eigenvalue weighted by Gasteiger charge is 2.20. The summed E-state index contributed by atoms with van der Waals surface area (Å²) in [5.41, 5.74) is 0. The monoisotopic (exact) mass is 354 g/mol. The zero-order chi connectivity index (χ0) is 18.7. The fourth-order valence-electron chi connectivity index (χ4n) is 3.54. The Morgan fingerprint density at radius 2 is 1.88 bits per heavy atom. The Bertz CT molecular complexity index is 365. The van der Waals surface area contributed by atoms with Crippen LogP contribution in [-0.2, 0) is 0 Å². The van der Waals surface area contributed by atoms with Gasteiger partial charge in [-0.25, -0.2) is 0 Å². The number of piperidine rings is 1. The number of rotatable bonds is 10. The van der Waals surface area contributed by atoms with Crippen molar-refractivity contribution < 1.29 is 5.11 Å². The van der Waals surface area contributed by atoms with E-state index in [2.05, 4.69) is 50.2 Å². The van der Waals surface area contributed by atoms with E-state index in [0.717, 1.165) is 44.4 Å². The van der Waals surface area contributed by atoms with Gasteiger partial charge in [0.25, 0.3) is 0 Å². The lowest BCUT2D eigenvalue weighted by Crippen LogP contribution is -2.48. The number of nitrogens with one attached hydrogen (secondary N) is 2. The Balaban J connectivity index is 2.48. The summed E-state index contributed by atoms with van der Waals surface area (Å²) in [6, 6.07) is 0.528. The van der Waals surface area contributed by atoms with Crippen LogP contribution in [0.4, 0.5) is 0 Å². The van der Waals surface area contributed by atoms with Crippen LogP contribution >= 0.6 is 0 Å². The third-order valence-corrected chi connectivity index (χ3v) is 5.20. The summed E-state index contributed by atoms with van der Waals surface area (Å²) < 4.78 is 0. The van der Waals surface area contributed by atoms with E-state index in [9.17, 15) is 5.11 Å². The van der Waals surface area contributed by atoms with Crippen LogP contribution in [0.25, 0.3) is 0 Å². The molecule has 0 bridgehead atoms. The van der Waals surface area contributed by atoms with E-state index < -0.39 is 0 Å². The van der Waals surface area contributed by atoms with Gasteiger partial charge in [-0.3, -0.25) is 9.89 Å². The quantitative estimate of drug-likeness (QED) is 0.417. The maximum absolute atomic E-state index is 9.27. The van der Waals surface area contributed by atoms with E-state index >= 15 is 0 Å². The summed E-state index contributed by atoms with van der Waals surface area (Å²) in [5, 5.41) is 16.1. The van der Waals surface area contributed by atoms with Crippen molar-refractivity contribution in [3.8, 4) is 0 Å². The van der Waals surface area contributed by atoms with E-state index in [1.165, 1.54) is 25.9 Å². The minimum absolute atomic E-state index is 0.251. The Hall–Kier alpha value is -0.810. The predicted octanol–water partition coefficient (Wildman–Crippen LogP) is 2.71. The molecule has 0 radical (unpaired) electrons. The molecule has 1 saturated heterocycles. The lowest BCUT2D eigenvalue weighted by atomic mass is 9.94. The maximum atomic E-state index is 9.27. The Morgan fingerprint density at radius 1 is 1.20 bits per heavy atom. The summed E-state index contributed by atoms with van der Waals surface area (Å²) >= 11 is 0. The van der Waals surface area contributed by atoms with Gasteiger partial charge in [0.1, 0.15) is 0 Å². The smallest absolute Gasteiger partial charge is 0.191 e. The first-order valence-corrected chi connectivity index (χ1v) is 10.3. The molecule has 25 heavy (non-hydrogen) atoms. The van der Waals surface area contributed by atoms with Crippen LogP contribution < -0.4 is 10.6 Å². The summed E-state index contributed by atoms with van der Waals surface area (Å²) in [5.74, 6) is 2.89. The fourth-order valence-corrected chi connectivity index (χ4v) is 3.54. The lowest BCUT2D eigenvalue weighted by Gasteiger charge is -2.35. The minimum atomic E-state index is 0.251. The number of hydrogen-bond acceptors (Lipinski definition) is 3. The van der Waals surface area contributed by atoms with Crippen molar-refractivity contribution in [3.63, 3.8) is 0 Å². The number of aliphatic hydroxyl groups is 1. The summed E-state index contributed by atoms with van der Waals surface area (Å²) in [6.45, 7) is 16.5. The number of guanidine groups is 1. The second-order valence-corrected chi connectivity index (χ2v) is 8.18. The van der Waals surface area contributed by atoms with E-state index in [1.807, 2.05) is 0 Å². The maximum Gasteiger partial charge on any atom is 0.191 e. The molecular formula is C20H42N4O. The first-order valence-electron chi connectivity index (χ1n) is 10.3. The molecule has 2 unspecified atom stereocenters. The second kappa shape index (κ2) is 12.5. The molecule has 0 aliphatic carbocycles. The molecule has 2 atom stereocenters. The highest BCUT2D eigenvalue weighted by atomic mass is 16.3.